The predicted molar refractivity (Wildman–Crippen MR) is 83.7 cm³/mol. The number of carbonyl (C=O) groups excluding carboxylic acids is 1. The van der Waals surface area contributed by atoms with E-state index in [4.69, 9.17) is 4.42 Å². The van der Waals surface area contributed by atoms with Crippen LogP contribution >= 0.6 is 11.3 Å². The summed E-state index contributed by atoms with van der Waals surface area (Å²) < 4.78 is 5.45. The molecule has 0 spiro atoms. The summed E-state index contributed by atoms with van der Waals surface area (Å²) in [5.41, 5.74) is 1.84. The average Bonchev–Trinajstić information content (AvgIpc) is 3.28. The van der Waals surface area contributed by atoms with Crippen LogP contribution in [0.25, 0.3) is 10.8 Å². The lowest BCUT2D eigenvalue weighted by molar-refractivity contribution is -0.121. The van der Waals surface area contributed by atoms with E-state index in [2.05, 4.69) is 25.5 Å². The number of carbonyl (C=O) groups is 1. The minimum Gasteiger partial charge on any atom is -0.469 e. The number of furan rings is 1. The monoisotopic (exact) mass is 329 g/mol. The summed E-state index contributed by atoms with van der Waals surface area (Å²) in [4.78, 5) is 20.8. The van der Waals surface area contributed by atoms with Gasteiger partial charge in [-0.2, -0.15) is 5.10 Å². The number of hydrogen-bond donors (Lipinski definition) is 2. The second kappa shape index (κ2) is 5.96. The van der Waals surface area contributed by atoms with Gasteiger partial charge < -0.3 is 9.73 Å². The molecule has 4 rings (SSSR count). The first kappa shape index (κ1) is 14.1. The minimum atomic E-state index is -0.0292. The smallest absolute Gasteiger partial charge is 0.226 e. The Balaban J connectivity index is 1.41. The molecular weight excluding hydrogens is 314 g/mol. The molecule has 8 heteroatoms. The Kier molecular flexibility index (Phi) is 3.66. The zero-order valence-corrected chi connectivity index (χ0v) is 13.1. The molecule has 0 unspecified atom stereocenters. The van der Waals surface area contributed by atoms with E-state index in [9.17, 15) is 4.79 Å². The number of aryl methyl sites for hydroxylation is 1. The van der Waals surface area contributed by atoms with Crippen molar-refractivity contribution in [2.75, 3.05) is 0 Å². The van der Waals surface area contributed by atoms with Crippen LogP contribution in [0, 0.1) is 0 Å². The molecule has 0 saturated heterocycles. The van der Waals surface area contributed by atoms with Gasteiger partial charge in [-0.3, -0.25) is 9.89 Å². The summed E-state index contributed by atoms with van der Waals surface area (Å²) in [6, 6.07) is 1.99. The summed E-state index contributed by atoms with van der Waals surface area (Å²) in [6.07, 6.45) is 6.31. The number of H-pyrrole nitrogens is 1. The molecule has 2 N–H and O–H groups in total. The first-order chi connectivity index (χ1) is 11.3. The zero-order chi connectivity index (χ0) is 15.6. The number of amides is 1. The summed E-state index contributed by atoms with van der Waals surface area (Å²) >= 11 is 1.45. The van der Waals surface area contributed by atoms with Crippen molar-refractivity contribution in [1.82, 2.24) is 25.5 Å². The largest absolute Gasteiger partial charge is 0.469 e. The van der Waals surface area contributed by atoms with Crippen LogP contribution < -0.4 is 5.32 Å². The van der Waals surface area contributed by atoms with Crippen LogP contribution in [0.2, 0.25) is 0 Å². The second-order valence-electron chi connectivity index (χ2n) is 5.47. The van der Waals surface area contributed by atoms with Crippen molar-refractivity contribution < 1.29 is 9.21 Å². The van der Waals surface area contributed by atoms with Crippen molar-refractivity contribution in [3.8, 4) is 10.8 Å². The van der Waals surface area contributed by atoms with Gasteiger partial charge in [0, 0.05) is 17.4 Å². The molecule has 3 aromatic rings. The Bertz CT molecular complexity index is 808. The van der Waals surface area contributed by atoms with Gasteiger partial charge in [0.2, 0.25) is 5.91 Å². The Morgan fingerprint density at radius 2 is 2.48 bits per heavy atom. The fourth-order valence-electron chi connectivity index (χ4n) is 2.85. The highest BCUT2D eigenvalue weighted by Crippen LogP contribution is 2.30. The standard InChI is InChI=1S/C15H15N5O2S/c21-13(19-11-2-1-3-12-10(11)4-5-22-12)6-9-7-23-15(18-9)14-16-8-17-20-14/h4-5,7-8,11H,1-3,6H2,(H,19,21)(H,16,17,20)/t11-/m1/s1. The number of hydrogen-bond acceptors (Lipinski definition) is 6. The van der Waals surface area contributed by atoms with Gasteiger partial charge >= 0.3 is 0 Å². The Morgan fingerprint density at radius 3 is 3.35 bits per heavy atom. The number of nitrogens with zero attached hydrogens (tertiary/aromatic N) is 3. The van der Waals surface area contributed by atoms with E-state index in [1.807, 2.05) is 11.4 Å². The van der Waals surface area contributed by atoms with Gasteiger partial charge in [0.25, 0.3) is 0 Å². The lowest BCUT2D eigenvalue weighted by Gasteiger charge is -2.22. The molecule has 0 aromatic carbocycles. The van der Waals surface area contributed by atoms with E-state index in [1.165, 1.54) is 17.7 Å². The number of thiazole rings is 1. The topological polar surface area (TPSA) is 96.7 Å². The summed E-state index contributed by atoms with van der Waals surface area (Å²) in [5, 5.41) is 12.3. The molecule has 118 valence electrons. The van der Waals surface area contributed by atoms with E-state index >= 15 is 0 Å². The lowest BCUT2D eigenvalue weighted by atomic mass is 9.93. The van der Waals surface area contributed by atoms with Crippen LogP contribution in [0.1, 0.15) is 35.9 Å². The number of aromatic amines is 1. The van der Waals surface area contributed by atoms with Crippen molar-refractivity contribution in [1.29, 1.82) is 0 Å². The summed E-state index contributed by atoms with van der Waals surface area (Å²) in [7, 11) is 0. The van der Waals surface area contributed by atoms with Gasteiger partial charge in [-0.1, -0.05) is 0 Å². The Labute approximate surface area is 136 Å². The van der Waals surface area contributed by atoms with Crippen molar-refractivity contribution in [3.63, 3.8) is 0 Å². The first-order valence-electron chi connectivity index (χ1n) is 7.45. The predicted octanol–water partition coefficient (Wildman–Crippen LogP) is 2.26. The van der Waals surface area contributed by atoms with E-state index in [-0.39, 0.29) is 18.4 Å². The summed E-state index contributed by atoms with van der Waals surface area (Å²) in [6.45, 7) is 0. The molecule has 1 aliphatic rings. The third-order valence-corrected chi connectivity index (χ3v) is 4.80. The van der Waals surface area contributed by atoms with E-state index in [1.54, 1.807) is 6.26 Å². The molecule has 0 radical (unpaired) electrons. The maximum absolute atomic E-state index is 12.3. The highest BCUT2D eigenvalue weighted by atomic mass is 32.1. The van der Waals surface area contributed by atoms with Gasteiger partial charge in [-0.25, -0.2) is 9.97 Å². The third kappa shape index (κ3) is 2.89. The minimum absolute atomic E-state index is 0.0292. The fourth-order valence-corrected chi connectivity index (χ4v) is 3.62. The van der Waals surface area contributed by atoms with Crippen molar-refractivity contribution in [2.24, 2.45) is 0 Å². The van der Waals surface area contributed by atoms with Gasteiger partial charge in [-0.05, 0) is 18.9 Å². The highest BCUT2D eigenvalue weighted by Gasteiger charge is 2.24. The average molecular weight is 329 g/mol. The van der Waals surface area contributed by atoms with Crippen LogP contribution in [0.15, 0.2) is 28.5 Å². The number of rotatable bonds is 4. The molecular formula is C15H15N5O2S. The second-order valence-corrected chi connectivity index (χ2v) is 6.32. The Hall–Kier alpha value is -2.48. The summed E-state index contributed by atoms with van der Waals surface area (Å²) in [5.74, 6) is 1.58. The molecule has 1 atom stereocenters. The number of aromatic nitrogens is 4. The highest BCUT2D eigenvalue weighted by molar-refractivity contribution is 7.13. The maximum Gasteiger partial charge on any atom is 0.226 e. The molecule has 0 aliphatic heterocycles. The Morgan fingerprint density at radius 1 is 1.52 bits per heavy atom. The molecule has 7 nitrogen and oxygen atoms in total. The van der Waals surface area contributed by atoms with Crippen LogP contribution in [0.4, 0.5) is 0 Å². The maximum atomic E-state index is 12.3. The van der Waals surface area contributed by atoms with E-state index in [0.717, 1.165) is 41.3 Å². The molecule has 1 aliphatic carbocycles. The van der Waals surface area contributed by atoms with Crippen LogP contribution in [0.3, 0.4) is 0 Å². The van der Waals surface area contributed by atoms with E-state index < -0.39 is 0 Å². The van der Waals surface area contributed by atoms with Crippen molar-refractivity contribution >= 4 is 17.2 Å². The first-order valence-corrected chi connectivity index (χ1v) is 8.33. The number of fused-ring (bicyclic) bond motifs is 1. The van der Waals surface area contributed by atoms with Crippen molar-refractivity contribution in [2.45, 2.75) is 31.7 Å². The van der Waals surface area contributed by atoms with E-state index in [0.29, 0.717) is 5.82 Å². The lowest BCUT2D eigenvalue weighted by Crippen LogP contribution is -2.31. The normalized spacial score (nSPS) is 17.0. The SMILES string of the molecule is O=C(Cc1csc(-c2ncn[nH]2)n1)N[C@@H]1CCCc2occc21. The molecule has 1 amide bonds. The molecule has 3 aromatic heterocycles. The fraction of sp³-hybridized carbons (Fsp3) is 0.333. The zero-order valence-electron chi connectivity index (χ0n) is 12.3. The van der Waals surface area contributed by atoms with Crippen LogP contribution in [-0.4, -0.2) is 26.1 Å². The van der Waals surface area contributed by atoms with Gasteiger partial charge in [0.05, 0.1) is 24.4 Å². The van der Waals surface area contributed by atoms with Gasteiger partial charge in [0.15, 0.2) is 10.8 Å². The van der Waals surface area contributed by atoms with Gasteiger partial charge in [-0.15, -0.1) is 11.3 Å². The molecule has 0 saturated carbocycles. The van der Waals surface area contributed by atoms with Crippen LogP contribution in [0.5, 0.6) is 0 Å². The quantitative estimate of drug-likeness (QED) is 0.765. The molecule has 0 fully saturated rings. The van der Waals surface area contributed by atoms with Gasteiger partial charge in [0.1, 0.15) is 12.1 Å². The third-order valence-electron chi connectivity index (χ3n) is 3.90. The number of nitrogens with one attached hydrogen (secondary N) is 2. The van der Waals surface area contributed by atoms with Crippen molar-refractivity contribution in [3.05, 3.63) is 41.1 Å². The molecule has 0 bridgehead atoms. The van der Waals surface area contributed by atoms with Crippen LogP contribution in [-0.2, 0) is 17.6 Å². The molecule has 23 heavy (non-hydrogen) atoms. The molecule has 3 heterocycles.